The van der Waals surface area contributed by atoms with Crippen LogP contribution in [0.15, 0.2) is 5.38 Å². The number of nitrogens with zero attached hydrogens (tertiary/aromatic N) is 2. The highest BCUT2D eigenvalue weighted by Gasteiger charge is 2.22. The first-order valence-corrected chi connectivity index (χ1v) is 9.71. The van der Waals surface area contributed by atoms with Crippen molar-refractivity contribution in [3.05, 3.63) is 11.1 Å². The van der Waals surface area contributed by atoms with Crippen molar-refractivity contribution in [1.29, 1.82) is 0 Å². The highest BCUT2D eigenvalue weighted by molar-refractivity contribution is 7.13. The zero-order valence-electron chi connectivity index (χ0n) is 13.5. The first kappa shape index (κ1) is 16.2. The number of nitrogens with two attached hydrogens (primary N) is 1. The molecule has 5 heteroatoms. The van der Waals surface area contributed by atoms with Crippen LogP contribution in [0.25, 0.3) is 0 Å². The zero-order valence-corrected chi connectivity index (χ0v) is 14.3. The van der Waals surface area contributed by atoms with Crippen molar-refractivity contribution >= 4 is 16.5 Å². The van der Waals surface area contributed by atoms with E-state index in [1.165, 1.54) is 69.5 Å². The number of hydrogen-bond acceptors (Lipinski definition) is 5. The average molecular weight is 324 g/mol. The predicted molar refractivity (Wildman–Crippen MR) is 92.0 cm³/mol. The normalized spacial score (nSPS) is 22.7. The maximum atomic E-state index is 6.00. The Morgan fingerprint density at radius 3 is 2.50 bits per heavy atom. The van der Waals surface area contributed by atoms with Crippen molar-refractivity contribution in [2.24, 2.45) is 5.92 Å². The maximum Gasteiger partial charge on any atom is 0.180 e. The molecule has 0 bridgehead atoms. The molecule has 0 atom stereocenters. The molecule has 0 aromatic carbocycles. The molecule has 2 fully saturated rings. The quantitative estimate of drug-likeness (QED) is 0.840. The van der Waals surface area contributed by atoms with Crippen LogP contribution in [-0.2, 0) is 11.3 Å². The summed E-state index contributed by atoms with van der Waals surface area (Å²) in [6.45, 7) is 4.32. The molecule has 1 saturated carbocycles. The third-order valence-corrected chi connectivity index (χ3v) is 5.78. The van der Waals surface area contributed by atoms with Gasteiger partial charge in [0.05, 0.1) is 18.4 Å². The van der Waals surface area contributed by atoms with E-state index in [1.54, 1.807) is 0 Å². The summed E-state index contributed by atoms with van der Waals surface area (Å²) in [5, 5.41) is 2.63. The van der Waals surface area contributed by atoms with Crippen LogP contribution in [0, 0.1) is 5.92 Å². The van der Waals surface area contributed by atoms with Gasteiger partial charge >= 0.3 is 0 Å². The number of aromatic nitrogens is 1. The number of piperidine rings is 1. The van der Waals surface area contributed by atoms with Crippen LogP contribution in [0.3, 0.4) is 0 Å². The standard InChI is InChI=1S/C17H29N3OS/c18-17-19-15(13-22-17)12-21-16-7-9-20(10-8-16)11-14-5-3-1-2-4-6-14/h13-14,16H,1-12H2,(H2,18,19). The maximum absolute atomic E-state index is 6.00. The first-order valence-electron chi connectivity index (χ1n) is 8.83. The second kappa shape index (κ2) is 8.27. The van der Waals surface area contributed by atoms with Crippen LogP contribution in [-0.4, -0.2) is 35.6 Å². The van der Waals surface area contributed by atoms with Crippen molar-refractivity contribution in [3.8, 4) is 0 Å². The molecule has 1 aromatic heterocycles. The van der Waals surface area contributed by atoms with E-state index in [2.05, 4.69) is 9.88 Å². The van der Waals surface area contributed by atoms with E-state index in [4.69, 9.17) is 10.5 Å². The van der Waals surface area contributed by atoms with Gasteiger partial charge < -0.3 is 15.4 Å². The van der Waals surface area contributed by atoms with Crippen molar-refractivity contribution in [3.63, 3.8) is 0 Å². The van der Waals surface area contributed by atoms with Crippen LogP contribution in [0.2, 0.25) is 0 Å². The molecule has 0 amide bonds. The lowest BCUT2D eigenvalue weighted by molar-refractivity contribution is -0.00646. The van der Waals surface area contributed by atoms with Gasteiger partial charge in [0.25, 0.3) is 0 Å². The molecule has 0 spiro atoms. The summed E-state index contributed by atoms with van der Waals surface area (Å²) >= 11 is 1.49. The Kier molecular flexibility index (Phi) is 6.10. The van der Waals surface area contributed by atoms with E-state index in [1.807, 2.05) is 5.38 Å². The highest BCUT2D eigenvalue weighted by Crippen LogP contribution is 2.25. The molecule has 1 aliphatic carbocycles. The fourth-order valence-corrected chi connectivity index (χ4v) is 4.31. The topological polar surface area (TPSA) is 51.4 Å². The molecule has 2 heterocycles. The van der Waals surface area contributed by atoms with Gasteiger partial charge in [0.15, 0.2) is 5.13 Å². The van der Waals surface area contributed by atoms with Gasteiger partial charge in [0.1, 0.15) is 0 Å². The summed E-state index contributed by atoms with van der Waals surface area (Å²) in [6, 6.07) is 0. The van der Waals surface area contributed by atoms with Crippen LogP contribution in [0.4, 0.5) is 5.13 Å². The van der Waals surface area contributed by atoms with E-state index in [0.29, 0.717) is 17.8 Å². The van der Waals surface area contributed by atoms with Crippen LogP contribution < -0.4 is 5.73 Å². The van der Waals surface area contributed by atoms with Crippen LogP contribution >= 0.6 is 11.3 Å². The summed E-state index contributed by atoms with van der Waals surface area (Å²) in [4.78, 5) is 6.92. The second-order valence-electron chi connectivity index (χ2n) is 6.85. The minimum absolute atomic E-state index is 0.397. The number of thiazole rings is 1. The average Bonchev–Trinajstić information content (AvgIpc) is 2.79. The van der Waals surface area contributed by atoms with Gasteiger partial charge in [-0.3, -0.25) is 0 Å². The molecule has 1 saturated heterocycles. The highest BCUT2D eigenvalue weighted by atomic mass is 32.1. The third-order valence-electron chi connectivity index (χ3n) is 5.06. The van der Waals surface area contributed by atoms with Crippen molar-refractivity contribution < 1.29 is 4.74 Å². The Morgan fingerprint density at radius 2 is 1.86 bits per heavy atom. The summed E-state index contributed by atoms with van der Waals surface area (Å²) in [5.74, 6) is 0.943. The molecule has 2 N–H and O–H groups in total. The van der Waals surface area contributed by atoms with Gasteiger partial charge in [0.2, 0.25) is 0 Å². The number of nitrogen functional groups attached to an aromatic ring is 1. The van der Waals surface area contributed by atoms with Crippen molar-refractivity contribution in [1.82, 2.24) is 9.88 Å². The zero-order chi connectivity index (χ0) is 15.2. The fraction of sp³-hybridized carbons (Fsp3) is 0.824. The number of rotatable bonds is 5. The van der Waals surface area contributed by atoms with Gasteiger partial charge in [0, 0.05) is 25.0 Å². The van der Waals surface area contributed by atoms with E-state index in [0.717, 1.165) is 24.5 Å². The number of ether oxygens (including phenoxy) is 1. The van der Waals surface area contributed by atoms with Crippen LogP contribution in [0.1, 0.15) is 57.1 Å². The predicted octanol–water partition coefficient (Wildman–Crippen LogP) is 3.68. The Bertz CT molecular complexity index is 435. The molecule has 124 valence electrons. The van der Waals surface area contributed by atoms with E-state index >= 15 is 0 Å². The lowest BCUT2D eigenvalue weighted by atomic mass is 9.98. The molecule has 2 aliphatic rings. The molecule has 4 nitrogen and oxygen atoms in total. The van der Waals surface area contributed by atoms with E-state index < -0.39 is 0 Å². The third kappa shape index (κ3) is 4.93. The molecule has 0 unspecified atom stereocenters. The number of anilines is 1. The lowest BCUT2D eigenvalue weighted by Gasteiger charge is -2.34. The molecule has 3 rings (SSSR count). The Labute approximate surface area is 138 Å². The van der Waals surface area contributed by atoms with Crippen molar-refractivity contribution in [2.45, 2.75) is 64.1 Å². The largest absolute Gasteiger partial charge is 0.375 e. The monoisotopic (exact) mass is 323 g/mol. The van der Waals surface area contributed by atoms with Gasteiger partial charge in [-0.1, -0.05) is 25.7 Å². The molecule has 1 aliphatic heterocycles. The summed E-state index contributed by atoms with van der Waals surface area (Å²) in [7, 11) is 0. The van der Waals surface area contributed by atoms with Crippen LogP contribution in [0.5, 0.6) is 0 Å². The van der Waals surface area contributed by atoms with Gasteiger partial charge in [-0.25, -0.2) is 4.98 Å². The van der Waals surface area contributed by atoms with E-state index in [-0.39, 0.29) is 0 Å². The summed E-state index contributed by atoms with van der Waals surface area (Å²) in [5.41, 5.74) is 6.63. The van der Waals surface area contributed by atoms with Gasteiger partial charge in [-0.15, -0.1) is 11.3 Å². The SMILES string of the molecule is Nc1nc(COC2CCN(CC3CCCCCC3)CC2)cs1. The Morgan fingerprint density at radius 1 is 1.14 bits per heavy atom. The Balaban J connectivity index is 1.35. The molecule has 22 heavy (non-hydrogen) atoms. The lowest BCUT2D eigenvalue weighted by Crippen LogP contribution is -2.39. The minimum atomic E-state index is 0.397. The fourth-order valence-electron chi connectivity index (χ4n) is 3.76. The summed E-state index contributed by atoms with van der Waals surface area (Å²) in [6.07, 6.45) is 11.4. The second-order valence-corrected chi connectivity index (χ2v) is 7.74. The minimum Gasteiger partial charge on any atom is -0.375 e. The molecule has 0 radical (unpaired) electrons. The first-order chi connectivity index (χ1) is 10.8. The number of likely N-dealkylation sites (tertiary alicyclic amines) is 1. The Hall–Kier alpha value is -0.650. The van der Waals surface area contributed by atoms with Crippen molar-refractivity contribution in [2.75, 3.05) is 25.4 Å². The van der Waals surface area contributed by atoms with E-state index in [9.17, 15) is 0 Å². The van der Waals surface area contributed by atoms with Gasteiger partial charge in [-0.2, -0.15) is 0 Å². The molecule has 1 aromatic rings. The van der Waals surface area contributed by atoms with Gasteiger partial charge in [-0.05, 0) is 31.6 Å². The summed E-state index contributed by atoms with van der Waals surface area (Å²) < 4.78 is 6.00. The number of hydrogen-bond donors (Lipinski definition) is 1. The molecular formula is C17H29N3OS. The smallest absolute Gasteiger partial charge is 0.180 e. The molecular weight excluding hydrogens is 294 g/mol.